The summed E-state index contributed by atoms with van der Waals surface area (Å²) in [7, 11) is 2.22. The van der Waals surface area contributed by atoms with E-state index in [1.165, 1.54) is 37.4 Å². The van der Waals surface area contributed by atoms with Crippen LogP contribution >= 0.6 is 11.8 Å². The third-order valence-electron chi connectivity index (χ3n) is 2.83. The van der Waals surface area contributed by atoms with Crippen LogP contribution < -0.4 is 5.32 Å². The first-order chi connectivity index (χ1) is 5.84. The van der Waals surface area contributed by atoms with Crippen molar-refractivity contribution in [3.8, 4) is 0 Å². The maximum Gasteiger partial charge on any atom is 0.0251 e. The van der Waals surface area contributed by atoms with E-state index in [0.717, 1.165) is 12.1 Å². The molecule has 0 amide bonds. The fraction of sp³-hybridized carbons (Fsp3) is 1.00. The fourth-order valence-electron chi connectivity index (χ4n) is 1.84. The lowest BCUT2D eigenvalue weighted by Gasteiger charge is -2.35. The molecule has 0 aromatic heterocycles. The highest BCUT2D eigenvalue weighted by Gasteiger charge is 2.23. The van der Waals surface area contributed by atoms with Gasteiger partial charge in [-0.15, -0.1) is 0 Å². The lowest BCUT2D eigenvalue weighted by molar-refractivity contribution is 0.228. The van der Waals surface area contributed by atoms with Gasteiger partial charge in [0.1, 0.15) is 0 Å². The predicted molar refractivity (Wildman–Crippen MR) is 54.8 cm³/mol. The highest BCUT2D eigenvalue weighted by molar-refractivity contribution is 8.00. The van der Waals surface area contributed by atoms with E-state index in [-0.39, 0.29) is 0 Å². The Morgan fingerprint density at radius 2 is 1.83 bits per heavy atom. The number of piperidine rings is 1. The van der Waals surface area contributed by atoms with Crippen LogP contribution in [0.1, 0.15) is 12.8 Å². The molecule has 0 saturated carbocycles. The van der Waals surface area contributed by atoms with Crippen LogP contribution in [-0.4, -0.2) is 48.6 Å². The summed E-state index contributed by atoms with van der Waals surface area (Å²) in [6.45, 7) is 2.55. The summed E-state index contributed by atoms with van der Waals surface area (Å²) < 4.78 is 0. The van der Waals surface area contributed by atoms with Gasteiger partial charge in [-0.3, -0.25) is 0 Å². The first-order valence-corrected chi connectivity index (χ1v) is 6.02. The van der Waals surface area contributed by atoms with E-state index in [9.17, 15) is 0 Å². The fourth-order valence-corrected chi connectivity index (χ4v) is 2.50. The average molecular weight is 186 g/mol. The van der Waals surface area contributed by atoms with Crippen molar-refractivity contribution < 1.29 is 0 Å². The Labute approximate surface area is 79.1 Å². The standard InChI is InChI=1S/C9H18N2S/c1-11-4-2-8(3-5-11)10-9-6-12-7-9/h8-10H,2-7H2,1H3. The Morgan fingerprint density at radius 3 is 2.33 bits per heavy atom. The van der Waals surface area contributed by atoms with Gasteiger partial charge < -0.3 is 10.2 Å². The van der Waals surface area contributed by atoms with Crippen molar-refractivity contribution in [2.45, 2.75) is 24.9 Å². The van der Waals surface area contributed by atoms with Crippen LogP contribution in [0.2, 0.25) is 0 Å². The number of rotatable bonds is 2. The van der Waals surface area contributed by atoms with E-state index in [2.05, 4.69) is 29.0 Å². The van der Waals surface area contributed by atoms with Crippen LogP contribution in [0, 0.1) is 0 Å². The molecule has 2 rings (SSSR count). The van der Waals surface area contributed by atoms with Crippen molar-refractivity contribution in [2.75, 3.05) is 31.6 Å². The topological polar surface area (TPSA) is 15.3 Å². The maximum absolute atomic E-state index is 3.73. The van der Waals surface area contributed by atoms with Gasteiger partial charge in [0.2, 0.25) is 0 Å². The average Bonchev–Trinajstić information content (AvgIpc) is 2.00. The Balaban J connectivity index is 1.67. The summed E-state index contributed by atoms with van der Waals surface area (Å²) in [5.41, 5.74) is 0. The molecule has 0 unspecified atom stereocenters. The minimum absolute atomic E-state index is 0.812. The normalized spacial score (nSPS) is 28.8. The Hall–Kier alpha value is 0.270. The summed E-state index contributed by atoms with van der Waals surface area (Å²) in [6, 6.07) is 1.65. The molecule has 0 aliphatic carbocycles. The van der Waals surface area contributed by atoms with Crippen LogP contribution in [0.15, 0.2) is 0 Å². The first-order valence-electron chi connectivity index (χ1n) is 4.87. The molecule has 2 aliphatic heterocycles. The van der Waals surface area contributed by atoms with Crippen LogP contribution in [0.3, 0.4) is 0 Å². The van der Waals surface area contributed by atoms with Gasteiger partial charge in [-0.05, 0) is 33.0 Å². The zero-order valence-corrected chi connectivity index (χ0v) is 8.57. The van der Waals surface area contributed by atoms with Gasteiger partial charge in [0.05, 0.1) is 0 Å². The molecular formula is C9H18N2S. The molecule has 3 heteroatoms. The van der Waals surface area contributed by atoms with Gasteiger partial charge in [-0.25, -0.2) is 0 Å². The second-order valence-corrected chi connectivity index (χ2v) is 5.05. The minimum atomic E-state index is 0.812. The van der Waals surface area contributed by atoms with E-state index < -0.39 is 0 Å². The van der Waals surface area contributed by atoms with Crippen molar-refractivity contribution in [1.29, 1.82) is 0 Å². The number of nitrogens with zero attached hydrogens (tertiary/aromatic N) is 1. The highest BCUT2D eigenvalue weighted by atomic mass is 32.2. The van der Waals surface area contributed by atoms with Gasteiger partial charge in [0.25, 0.3) is 0 Å². The number of likely N-dealkylation sites (tertiary alicyclic amines) is 1. The molecule has 2 saturated heterocycles. The lowest BCUT2D eigenvalue weighted by atomic mass is 10.0. The molecule has 0 aromatic carbocycles. The van der Waals surface area contributed by atoms with Crippen molar-refractivity contribution in [3.63, 3.8) is 0 Å². The Morgan fingerprint density at radius 1 is 1.17 bits per heavy atom. The highest BCUT2D eigenvalue weighted by Crippen LogP contribution is 2.19. The number of nitrogens with one attached hydrogen (secondary N) is 1. The lowest BCUT2D eigenvalue weighted by Crippen LogP contribution is -2.49. The summed E-state index contributed by atoms with van der Waals surface area (Å²) in [5.74, 6) is 2.68. The predicted octanol–water partition coefficient (Wildman–Crippen LogP) is 0.786. The zero-order valence-electron chi connectivity index (χ0n) is 7.75. The summed E-state index contributed by atoms with van der Waals surface area (Å²) in [5, 5.41) is 3.73. The molecule has 2 aliphatic rings. The third kappa shape index (κ3) is 2.15. The Kier molecular flexibility index (Phi) is 2.94. The molecule has 0 bridgehead atoms. The van der Waals surface area contributed by atoms with Gasteiger partial charge >= 0.3 is 0 Å². The Bertz CT molecular complexity index is 139. The molecule has 12 heavy (non-hydrogen) atoms. The van der Waals surface area contributed by atoms with Crippen molar-refractivity contribution >= 4 is 11.8 Å². The maximum atomic E-state index is 3.73. The molecule has 2 heterocycles. The van der Waals surface area contributed by atoms with E-state index in [0.29, 0.717) is 0 Å². The van der Waals surface area contributed by atoms with Crippen LogP contribution in [-0.2, 0) is 0 Å². The van der Waals surface area contributed by atoms with Crippen LogP contribution in [0.25, 0.3) is 0 Å². The molecule has 0 atom stereocenters. The molecule has 0 aromatic rings. The van der Waals surface area contributed by atoms with Crippen LogP contribution in [0.4, 0.5) is 0 Å². The third-order valence-corrected chi connectivity index (χ3v) is 4.10. The SMILES string of the molecule is CN1CCC(NC2CSC2)CC1. The molecule has 2 nitrogen and oxygen atoms in total. The number of hydrogen-bond acceptors (Lipinski definition) is 3. The van der Waals surface area contributed by atoms with Crippen LogP contribution in [0.5, 0.6) is 0 Å². The van der Waals surface area contributed by atoms with E-state index in [4.69, 9.17) is 0 Å². The largest absolute Gasteiger partial charge is 0.309 e. The van der Waals surface area contributed by atoms with Crippen molar-refractivity contribution in [1.82, 2.24) is 10.2 Å². The zero-order chi connectivity index (χ0) is 8.39. The van der Waals surface area contributed by atoms with Gasteiger partial charge in [-0.2, -0.15) is 11.8 Å². The smallest absolute Gasteiger partial charge is 0.0251 e. The summed E-state index contributed by atoms with van der Waals surface area (Å²) in [6.07, 6.45) is 2.69. The molecule has 0 spiro atoms. The molecule has 2 fully saturated rings. The minimum Gasteiger partial charge on any atom is -0.309 e. The second kappa shape index (κ2) is 3.99. The second-order valence-electron chi connectivity index (χ2n) is 3.98. The quantitative estimate of drug-likeness (QED) is 0.686. The van der Waals surface area contributed by atoms with E-state index >= 15 is 0 Å². The summed E-state index contributed by atoms with van der Waals surface area (Å²) >= 11 is 2.06. The van der Waals surface area contributed by atoms with E-state index in [1.54, 1.807) is 0 Å². The number of hydrogen-bond donors (Lipinski definition) is 1. The molecular weight excluding hydrogens is 168 g/mol. The first kappa shape index (κ1) is 8.85. The molecule has 0 radical (unpaired) electrons. The molecule has 70 valence electrons. The van der Waals surface area contributed by atoms with E-state index in [1.807, 2.05) is 0 Å². The summed E-state index contributed by atoms with van der Waals surface area (Å²) in [4.78, 5) is 2.42. The molecule has 1 N–H and O–H groups in total. The number of thioether (sulfide) groups is 1. The van der Waals surface area contributed by atoms with Gasteiger partial charge in [0.15, 0.2) is 0 Å². The van der Waals surface area contributed by atoms with Gasteiger partial charge in [0, 0.05) is 23.6 Å². The van der Waals surface area contributed by atoms with Gasteiger partial charge in [-0.1, -0.05) is 0 Å². The van der Waals surface area contributed by atoms with Crippen molar-refractivity contribution in [2.24, 2.45) is 0 Å². The van der Waals surface area contributed by atoms with Crippen molar-refractivity contribution in [3.05, 3.63) is 0 Å². The monoisotopic (exact) mass is 186 g/mol.